The monoisotopic (exact) mass is 267 g/mol. The molecule has 0 aliphatic carbocycles. The first kappa shape index (κ1) is 12.7. The molecule has 0 bridgehead atoms. The number of pyridine rings is 1. The molecule has 0 spiro atoms. The van der Waals surface area contributed by atoms with Crippen molar-refractivity contribution in [3.8, 4) is 11.1 Å². The van der Waals surface area contributed by atoms with Gasteiger partial charge in [-0.15, -0.1) is 0 Å². The van der Waals surface area contributed by atoms with Crippen molar-refractivity contribution in [2.24, 2.45) is 7.05 Å². The summed E-state index contributed by atoms with van der Waals surface area (Å²) < 4.78 is 1.82. The van der Waals surface area contributed by atoms with Gasteiger partial charge < -0.3 is 4.98 Å². The Balaban J connectivity index is 2.38. The second-order valence-corrected chi connectivity index (χ2v) is 5.01. The molecular formula is C16H17N3O. The molecule has 0 saturated carbocycles. The van der Waals surface area contributed by atoms with Gasteiger partial charge in [0.05, 0.1) is 11.6 Å². The van der Waals surface area contributed by atoms with E-state index in [4.69, 9.17) is 0 Å². The summed E-state index contributed by atoms with van der Waals surface area (Å²) in [6.45, 7) is 4.04. The van der Waals surface area contributed by atoms with Crippen LogP contribution in [0.3, 0.4) is 0 Å². The van der Waals surface area contributed by atoms with Crippen LogP contribution in [-0.4, -0.2) is 14.8 Å². The second-order valence-electron chi connectivity index (χ2n) is 5.01. The van der Waals surface area contributed by atoms with Gasteiger partial charge in [-0.1, -0.05) is 25.1 Å². The SMILES string of the molecule is CCc1cc2cccc(-c3cnn(C)c3C)c2c(=O)[nH]1. The molecule has 0 aliphatic rings. The molecule has 0 fully saturated rings. The van der Waals surface area contributed by atoms with Gasteiger partial charge in [-0.05, 0) is 30.4 Å². The zero-order valence-corrected chi connectivity index (χ0v) is 11.9. The molecule has 102 valence electrons. The van der Waals surface area contributed by atoms with Gasteiger partial charge >= 0.3 is 0 Å². The third-order valence-electron chi connectivity index (χ3n) is 3.83. The van der Waals surface area contributed by atoms with E-state index in [1.54, 1.807) is 0 Å². The zero-order valence-electron chi connectivity index (χ0n) is 11.9. The van der Waals surface area contributed by atoms with E-state index in [2.05, 4.69) is 10.1 Å². The lowest BCUT2D eigenvalue weighted by molar-refractivity contribution is 0.740. The quantitative estimate of drug-likeness (QED) is 0.776. The van der Waals surface area contributed by atoms with Crippen LogP contribution in [0.2, 0.25) is 0 Å². The third kappa shape index (κ3) is 1.84. The molecule has 0 radical (unpaired) electrons. The predicted octanol–water partition coefficient (Wildman–Crippen LogP) is 2.80. The smallest absolute Gasteiger partial charge is 0.256 e. The first-order chi connectivity index (χ1) is 9.61. The number of hydrogen-bond acceptors (Lipinski definition) is 2. The number of aromatic nitrogens is 3. The van der Waals surface area contributed by atoms with E-state index in [1.807, 2.05) is 56.0 Å². The maximum atomic E-state index is 12.4. The fraction of sp³-hybridized carbons (Fsp3) is 0.250. The van der Waals surface area contributed by atoms with E-state index in [9.17, 15) is 4.79 Å². The molecule has 0 aliphatic heterocycles. The topological polar surface area (TPSA) is 50.7 Å². The number of nitrogens with one attached hydrogen (secondary N) is 1. The Kier molecular flexibility index (Phi) is 2.93. The fourth-order valence-corrected chi connectivity index (χ4v) is 2.55. The van der Waals surface area contributed by atoms with Gasteiger partial charge in [0.25, 0.3) is 5.56 Å². The Morgan fingerprint density at radius 2 is 2.10 bits per heavy atom. The number of H-pyrrole nitrogens is 1. The Morgan fingerprint density at radius 3 is 2.75 bits per heavy atom. The molecular weight excluding hydrogens is 250 g/mol. The van der Waals surface area contributed by atoms with Crippen LogP contribution in [0.15, 0.2) is 35.3 Å². The van der Waals surface area contributed by atoms with Gasteiger partial charge in [0, 0.05) is 24.0 Å². The van der Waals surface area contributed by atoms with Crippen LogP contribution < -0.4 is 5.56 Å². The highest BCUT2D eigenvalue weighted by atomic mass is 16.1. The minimum Gasteiger partial charge on any atom is -0.326 e. The summed E-state index contributed by atoms with van der Waals surface area (Å²) in [6.07, 6.45) is 2.64. The summed E-state index contributed by atoms with van der Waals surface area (Å²) in [6, 6.07) is 8.00. The number of nitrogens with zero attached hydrogens (tertiary/aromatic N) is 2. The normalized spacial score (nSPS) is 11.2. The van der Waals surface area contributed by atoms with Crippen LogP contribution in [-0.2, 0) is 13.5 Å². The summed E-state index contributed by atoms with van der Waals surface area (Å²) >= 11 is 0. The molecule has 0 saturated heterocycles. The standard InChI is InChI=1S/C16H17N3O/c1-4-12-8-11-6-5-7-13(15(11)16(20)18-12)14-9-17-19(3)10(14)2/h5-9H,4H2,1-3H3,(H,18,20). The second kappa shape index (κ2) is 4.63. The largest absolute Gasteiger partial charge is 0.326 e. The van der Waals surface area contributed by atoms with Crippen molar-refractivity contribution >= 4 is 10.8 Å². The van der Waals surface area contributed by atoms with E-state index in [1.165, 1.54) is 0 Å². The van der Waals surface area contributed by atoms with Crippen LogP contribution in [0.5, 0.6) is 0 Å². The summed E-state index contributed by atoms with van der Waals surface area (Å²) in [4.78, 5) is 15.3. The number of hydrogen-bond donors (Lipinski definition) is 1. The van der Waals surface area contributed by atoms with Crippen LogP contribution in [0.25, 0.3) is 21.9 Å². The van der Waals surface area contributed by atoms with Crippen molar-refractivity contribution in [1.29, 1.82) is 0 Å². The van der Waals surface area contributed by atoms with E-state index in [0.29, 0.717) is 0 Å². The molecule has 20 heavy (non-hydrogen) atoms. The fourth-order valence-electron chi connectivity index (χ4n) is 2.55. The molecule has 3 aromatic rings. The van der Waals surface area contributed by atoms with Gasteiger partial charge in [-0.2, -0.15) is 5.10 Å². The highest BCUT2D eigenvalue weighted by Gasteiger charge is 2.12. The lowest BCUT2D eigenvalue weighted by Crippen LogP contribution is -2.10. The molecule has 4 nitrogen and oxygen atoms in total. The summed E-state index contributed by atoms with van der Waals surface area (Å²) in [5.74, 6) is 0. The van der Waals surface area contributed by atoms with E-state index in [-0.39, 0.29) is 5.56 Å². The Labute approximate surface area is 117 Å². The lowest BCUT2D eigenvalue weighted by Gasteiger charge is -2.07. The molecule has 1 N–H and O–H groups in total. The highest BCUT2D eigenvalue weighted by molar-refractivity contribution is 5.96. The molecule has 2 aromatic heterocycles. The average Bonchev–Trinajstić information content (AvgIpc) is 2.78. The molecule has 1 aromatic carbocycles. The van der Waals surface area contributed by atoms with Crippen molar-refractivity contribution in [3.63, 3.8) is 0 Å². The maximum Gasteiger partial charge on any atom is 0.256 e. The van der Waals surface area contributed by atoms with Crippen molar-refractivity contribution in [1.82, 2.24) is 14.8 Å². The number of aromatic amines is 1. The van der Waals surface area contributed by atoms with Crippen LogP contribution >= 0.6 is 0 Å². The van der Waals surface area contributed by atoms with Gasteiger partial charge in [0.15, 0.2) is 0 Å². The van der Waals surface area contributed by atoms with Crippen LogP contribution in [0, 0.1) is 6.92 Å². The molecule has 2 heterocycles. The van der Waals surface area contributed by atoms with E-state index < -0.39 is 0 Å². The number of rotatable bonds is 2. The number of aryl methyl sites for hydroxylation is 2. The molecule has 3 rings (SSSR count). The first-order valence-corrected chi connectivity index (χ1v) is 6.75. The van der Waals surface area contributed by atoms with Gasteiger partial charge in [-0.25, -0.2) is 0 Å². The van der Waals surface area contributed by atoms with E-state index >= 15 is 0 Å². The van der Waals surface area contributed by atoms with Gasteiger partial charge in [-0.3, -0.25) is 9.48 Å². The lowest BCUT2D eigenvalue weighted by atomic mass is 9.99. The van der Waals surface area contributed by atoms with Crippen molar-refractivity contribution in [2.75, 3.05) is 0 Å². The van der Waals surface area contributed by atoms with Crippen LogP contribution in [0.4, 0.5) is 0 Å². The first-order valence-electron chi connectivity index (χ1n) is 6.75. The Morgan fingerprint density at radius 1 is 1.30 bits per heavy atom. The van der Waals surface area contributed by atoms with Crippen molar-refractivity contribution in [3.05, 3.63) is 52.2 Å². The molecule has 4 heteroatoms. The van der Waals surface area contributed by atoms with Crippen LogP contribution in [0.1, 0.15) is 18.3 Å². The Bertz CT molecular complexity index is 843. The van der Waals surface area contributed by atoms with Gasteiger partial charge in [0.1, 0.15) is 0 Å². The minimum atomic E-state index is -0.0294. The number of fused-ring (bicyclic) bond motifs is 1. The molecule has 0 amide bonds. The zero-order chi connectivity index (χ0) is 14.3. The summed E-state index contributed by atoms with van der Waals surface area (Å²) in [7, 11) is 1.91. The van der Waals surface area contributed by atoms with Gasteiger partial charge in [0.2, 0.25) is 0 Å². The van der Waals surface area contributed by atoms with Crippen molar-refractivity contribution < 1.29 is 0 Å². The Hall–Kier alpha value is -2.36. The highest BCUT2D eigenvalue weighted by Crippen LogP contribution is 2.28. The summed E-state index contributed by atoms with van der Waals surface area (Å²) in [5.41, 5.74) is 3.93. The van der Waals surface area contributed by atoms with E-state index in [0.717, 1.165) is 39.7 Å². The predicted molar refractivity (Wildman–Crippen MR) is 80.9 cm³/mol. The van der Waals surface area contributed by atoms with Crippen molar-refractivity contribution in [2.45, 2.75) is 20.3 Å². The molecule has 0 atom stereocenters. The molecule has 0 unspecified atom stereocenters. The maximum absolute atomic E-state index is 12.4. The minimum absolute atomic E-state index is 0.0294. The third-order valence-corrected chi connectivity index (χ3v) is 3.83. The number of benzene rings is 1. The average molecular weight is 267 g/mol. The summed E-state index contributed by atoms with van der Waals surface area (Å²) in [5, 5.41) is 5.98.